The predicted octanol–water partition coefficient (Wildman–Crippen LogP) is 4.53. The van der Waals surface area contributed by atoms with E-state index in [1.54, 1.807) is 48.5 Å². The van der Waals surface area contributed by atoms with Crippen molar-refractivity contribution in [3.05, 3.63) is 95.0 Å². The van der Waals surface area contributed by atoms with Crippen molar-refractivity contribution in [2.24, 2.45) is 5.92 Å². The van der Waals surface area contributed by atoms with Crippen LogP contribution in [0.2, 0.25) is 5.02 Å². The van der Waals surface area contributed by atoms with Crippen molar-refractivity contribution in [3.8, 4) is 5.75 Å². The number of hydrogen-bond donors (Lipinski definition) is 1. The Labute approximate surface area is 241 Å². The molecule has 0 aromatic heterocycles. The second kappa shape index (κ2) is 14.2. The summed E-state index contributed by atoms with van der Waals surface area (Å²) in [4.78, 5) is 29.1. The van der Waals surface area contributed by atoms with Crippen LogP contribution < -0.4 is 14.4 Å². The third-order valence-corrected chi connectivity index (χ3v) is 7.78. The van der Waals surface area contributed by atoms with Gasteiger partial charge in [-0.05, 0) is 35.2 Å². The van der Waals surface area contributed by atoms with Gasteiger partial charge in [0.1, 0.15) is 18.3 Å². The highest BCUT2D eigenvalue weighted by Gasteiger charge is 2.33. The number of hydrogen-bond acceptors (Lipinski definition) is 5. The number of carbonyl (C=O) groups excluding carboxylic acids is 2. The van der Waals surface area contributed by atoms with E-state index in [1.807, 2.05) is 44.2 Å². The molecule has 3 rings (SSSR count). The summed E-state index contributed by atoms with van der Waals surface area (Å²) in [6, 6.07) is 22.0. The highest BCUT2D eigenvalue weighted by atomic mass is 35.5. The molecular formula is C30H36ClN3O5S. The molecule has 0 fully saturated rings. The van der Waals surface area contributed by atoms with Crippen LogP contribution in [0, 0.1) is 5.92 Å². The molecule has 0 saturated heterocycles. The molecule has 214 valence electrons. The first kappa shape index (κ1) is 31.0. The molecule has 0 aliphatic heterocycles. The number of rotatable bonds is 13. The number of methoxy groups -OCH3 is 1. The number of nitrogens with one attached hydrogen (secondary N) is 1. The molecule has 0 heterocycles. The van der Waals surface area contributed by atoms with E-state index in [0.717, 1.165) is 16.1 Å². The lowest BCUT2D eigenvalue weighted by molar-refractivity contribution is -0.140. The molecule has 0 unspecified atom stereocenters. The van der Waals surface area contributed by atoms with Gasteiger partial charge in [0, 0.05) is 30.6 Å². The maximum Gasteiger partial charge on any atom is 0.244 e. The van der Waals surface area contributed by atoms with Gasteiger partial charge in [-0.2, -0.15) is 0 Å². The van der Waals surface area contributed by atoms with E-state index in [2.05, 4.69) is 5.32 Å². The lowest BCUT2D eigenvalue weighted by Crippen LogP contribution is -2.53. The highest BCUT2D eigenvalue weighted by molar-refractivity contribution is 7.92. The standard InChI is InChI=1S/C30H36ClN3O5S/c1-22(2)19-32-30(36)28(17-23-11-6-5-7-12-23)33(20-24-13-8-9-16-27(24)31)29(35)21-34(40(4,37)38)25-14-10-15-26(18-25)39-3/h5-16,18,22,28H,17,19-21H2,1-4H3,(H,32,36)/t28-/m0/s1. The van der Waals surface area contributed by atoms with Gasteiger partial charge in [0.15, 0.2) is 0 Å². The van der Waals surface area contributed by atoms with E-state index < -0.39 is 28.5 Å². The maximum absolute atomic E-state index is 14.1. The van der Waals surface area contributed by atoms with Gasteiger partial charge in [-0.1, -0.05) is 80.0 Å². The summed E-state index contributed by atoms with van der Waals surface area (Å²) in [6.07, 6.45) is 1.27. The Morgan fingerprint density at radius 3 is 2.27 bits per heavy atom. The van der Waals surface area contributed by atoms with Crippen LogP contribution in [0.15, 0.2) is 78.9 Å². The van der Waals surface area contributed by atoms with Crippen molar-refractivity contribution < 1.29 is 22.7 Å². The first-order chi connectivity index (χ1) is 19.0. The SMILES string of the molecule is COc1cccc(N(CC(=O)N(Cc2ccccc2Cl)[C@@H](Cc2ccccc2)C(=O)NCC(C)C)S(C)(=O)=O)c1. The average molecular weight is 586 g/mol. The second-order valence-electron chi connectivity index (χ2n) is 9.93. The average Bonchev–Trinajstić information content (AvgIpc) is 2.93. The van der Waals surface area contributed by atoms with Gasteiger partial charge in [-0.15, -0.1) is 0 Å². The summed E-state index contributed by atoms with van der Waals surface area (Å²) >= 11 is 6.47. The Morgan fingerprint density at radius 1 is 0.975 bits per heavy atom. The lowest BCUT2D eigenvalue weighted by atomic mass is 10.0. The number of carbonyl (C=O) groups is 2. The molecule has 0 spiro atoms. The molecule has 10 heteroatoms. The fraction of sp³-hybridized carbons (Fsp3) is 0.333. The van der Waals surface area contributed by atoms with E-state index in [9.17, 15) is 18.0 Å². The molecule has 0 radical (unpaired) electrons. The molecular weight excluding hydrogens is 550 g/mol. The molecule has 2 amide bonds. The van der Waals surface area contributed by atoms with Gasteiger partial charge in [0.25, 0.3) is 0 Å². The van der Waals surface area contributed by atoms with Gasteiger partial charge in [-0.3, -0.25) is 13.9 Å². The highest BCUT2D eigenvalue weighted by Crippen LogP contribution is 2.25. The number of benzene rings is 3. The zero-order valence-electron chi connectivity index (χ0n) is 23.2. The van der Waals surface area contributed by atoms with E-state index >= 15 is 0 Å². The quantitative estimate of drug-likeness (QED) is 0.318. The van der Waals surface area contributed by atoms with Crippen molar-refractivity contribution in [2.75, 3.05) is 30.8 Å². The summed E-state index contributed by atoms with van der Waals surface area (Å²) in [5.74, 6) is -0.233. The first-order valence-corrected chi connectivity index (χ1v) is 15.2. The van der Waals surface area contributed by atoms with Crippen LogP contribution in [0.25, 0.3) is 0 Å². The smallest absolute Gasteiger partial charge is 0.244 e. The number of nitrogens with zero attached hydrogens (tertiary/aromatic N) is 2. The molecule has 0 bridgehead atoms. The number of ether oxygens (including phenoxy) is 1. The molecule has 0 aliphatic rings. The Kier molecular flexibility index (Phi) is 11.0. The summed E-state index contributed by atoms with van der Waals surface area (Å²) in [6.45, 7) is 3.89. The molecule has 3 aromatic carbocycles. The van der Waals surface area contributed by atoms with Crippen molar-refractivity contribution in [2.45, 2.75) is 32.9 Å². The summed E-state index contributed by atoms with van der Waals surface area (Å²) in [5.41, 5.74) is 1.77. The maximum atomic E-state index is 14.1. The molecule has 0 aliphatic carbocycles. The van der Waals surface area contributed by atoms with Crippen LogP contribution in [0.4, 0.5) is 5.69 Å². The monoisotopic (exact) mass is 585 g/mol. The van der Waals surface area contributed by atoms with E-state index in [0.29, 0.717) is 22.9 Å². The first-order valence-electron chi connectivity index (χ1n) is 13.0. The summed E-state index contributed by atoms with van der Waals surface area (Å²) in [5, 5.41) is 3.39. The largest absolute Gasteiger partial charge is 0.497 e. The van der Waals surface area contributed by atoms with E-state index in [-0.39, 0.29) is 30.5 Å². The Balaban J connectivity index is 2.06. The number of sulfonamides is 1. The Morgan fingerprint density at radius 2 is 1.65 bits per heavy atom. The topological polar surface area (TPSA) is 96.0 Å². The fourth-order valence-electron chi connectivity index (χ4n) is 4.17. The third kappa shape index (κ3) is 8.72. The zero-order chi connectivity index (χ0) is 29.3. The fourth-order valence-corrected chi connectivity index (χ4v) is 5.20. The van der Waals surface area contributed by atoms with E-state index in [4.69, 9.17) is 16.3 Å². The second-order valence-corrected chi connectivity index (χ2v) is 12.2. The third-order valence-electron chi connectivity index (χ3n) is 6.27. The van der Waals surface area contributed by atoms with Crippen molar-refractivity contribution in [1.29, 1.82) is 0 Å². The summed E-state index contributed by atoms with van der Waals surface area (Å²) in [7, 11) is -2.40. The zero-order valence-corrected chi connectivity index (χ0v) is 24.8. The number of amides is 2. The van der Waals surface area contributed by atoms with Crippen molar-refractivity contribution in [1.82, 2.24) is 10.2 Å². The minimum absolute atomic E-state index is 0.0147. The minimum atomic E-state index is -3.88. The molecule has 3 aromatic rings. The van der Waals surface area contributed by atoms with Gasteiger partial charge >= 0.3 is 0 Å². The number of halogens is 1. The van der Waals surface area contributed by atoms with Crippen LogP contribution in [0.1, 0.15) is 25.0 Å². The minimum Gasteiger partial charge on any atom is -0.497 e. The normalized spacial score (nSPS) is 12.1. The van der Waals surface area contributed by atoms with Gasteiger partial charge in [0.2, 0.25) is 21.8 Å². The van der Waals surface area contributed by atoms with Crippen molar-refractivity contribution in [3.63, 3.8) is 0 Å². The molecule has 0 saturated carbocycles. The van der Waals surface area contributed by atoms with Gasteiger partial charge in [0.05, 0.1) is 19.1 Å². The lowest BCUT2D eigenvalue weighted by Gasteiger charge is -2.34. The number of anilines is 1. The molecule has 8 nitrogen and oxygen atoms in total. The summed E-state index contributed by atoms with van der Waals surface area (Å²) < 4.78 is 32.1. The molecule has 1 atom stereocenters. The van der Waals surface area contributed by atoms with E-state index in [1.165, 1.54) is 12.0 Å². The Bertz CT molecular complexity index is 1400. The van der Waals surface area contributed by atoms with Crippen LogP contribution in [0.5, 0.6) is 5.75 Å². The molecule has 40 heavy (non-hydrogen) atoms. The van der Waals surface area contributed by atoms with Crippen LogP contribution in [-0.4, -0.2) is 57.6 Å². The predicted molar refractivity (Wildman–Crippen MR) is 159 cm³/mol. The van der Waals surface area contributed by atoms with Crippen LogP contribution in [0.3, 0.4) is 0 Å². The van der Waals surface area contributed by atoms with Crippen LogP contribution >= 0.6 is 11.6 Å². The molecule has 1 N–H and O–H groups in total. The van der Waals surface area contributed by atoms with Gasteiger partial charge < -0.3 is 15.0 Å². The van der Waals surface area contributed by atoms with Crippen LogP contribution in [-0.2, 0) is 32.6 Å². The van der Waals surface area contributed by atoms with Crippen molar-refractivity contribution >= 4 is 39.1 Å². The Hall–Kier alpha value is -3.56. The van der Waals surface area contributed by atoms with Gasteiger partial charge in [-0.25, -0.2) is 8.42 Å².